The number of nitrogens with zero attached hydrogens (tertiary/aromatic N) is 1. The molecule has 0 saturated heterocycles. The number of pyridine rings is 1. The number of alkyl halides is 5. The van der Waals surface area contributed by atoms with Crippen LogP contribution in [0, 0.1) is 5.82 Å². The number of carboxylic acids is 1. The molecule has 0 amide bonds. The largest absolute Gasteiger partial charge is 0.478 e. The quantitative estimate of drug-likeness (QED) is 0.831. The summed E-state index contributed by atoms with van der Waals surface area (Å²) in [7, 11) is 0. The van der Waals surface area contributed by atoms with Crippen molar-refractivity contribution in [3.63, 3.8) is 0 Å². The molecule has 0 spiro atoms. The van der Waals surface area contributed by atoms with Crippen LogP contribution >= 0.6 is 0 Å². The van der Waals surface area contributed by atoms with E-state index in [1.54, 1.807) is 0 Å². The van der Waals surface area contributed by atoms with Crippen LogP contribution in [0.5, 0.6) is 0 Å². The number of hydrogen-bond donors (Lipinski definition) is 1. The Morgan fingerprint density at radius 2 is 1.88 bits per heavy atom. The van der Waals surface area contributed by atoms with E-state index in [1.165, 1.54) is 0 Å². The summed E-state index contributed by atoms with van der Waals surface area (Å²) >= 11 is 0. The fourth-order valence-electron chi connectivity index (χ4n) is 1.09. The van der Waals surface area contributed by atoms with Gasteiger partial charge in [-0.05, 0) is 0 Å². The maximum absolute atomic E-state index is 13.1. The van der Waals surface area contributed by atoms with Crippen molar-refractivity contribution in [1.29, 1.82) is 0 Å². The SMILES string of the molecule is O=C(O)c1cnc(C(F)F)c(F)c1C(F)(F)F. The molecule has 1 rings (SSSR count). The van der Waals surface area contributed by atoms with Gasteiger partial charge in [0.15, 0.2) is 5.82 Å². The van der Waals surface area contributed by atoms with Gasteiger partial charge >= 0.3 is 12.1 Å². The van der Waals surface area contributed by atoms with Crippen LogP contribution in [0.2, 0.25) is 0 Å². The summed E-state index contributed by atoms with van der Waals surface area (Å²) in [6.45, 7) is 0. The molecule has 94 valence electrons. The zero-order valence-electron chi connectivity index (χ0n) is 7.73. The van der Waals surface area contributed by atoms with Crippen molar-refractivity contribution >= 4 is 5.97 Å². The Hall–Kier alpha value is -1.80. The number of carbonyl (C=O) groups is 1. The van der Waals surface area contributed by atoms with Crippen LogP contribution in [0.4, 0.5) is 26.3 Å². The van der Waals surface area contributed by atoms with Crippen molar-refractivity contribution in [2.24, 2.45) is 0 Å². The van der Waals surface area contributed by atoms with E-state index in [1.807, 2.05) is 0 Å². The van der Waals surface area contributed by atoms with Gasteiger partial charge in [-0.1, -0.05) is 0 Å². The molecule has 1 aromatic heterocycles. The molecule has 1 heterocycles. The molecule has 0 bridgehead atoms. The zero-order chi connectivity index (χ0) is 13.4. The number of halogens is 6. The molecule has 0 fully saturated rings. The van der Waals surface area contributed by atoms with Crippen molar-refractivity contribution in [2.45, 2.75) is 12.6 Å². The molecule has 0 aliphatic heterocycles. The number of aromatic nitrogens is 1. The van der Waals surface area contributed by atoms with Crippen molar-refractivity contribution in [3.8, 4) is 0 Å². The summed E-state index contributed by atoms with van der Waals surface area (Å²) in [6, 6.07) is 0. The topological polar surface area (TPSA) is 50.2 Å². The Morgan fingerprint density at radius 3 is 2.24 bits per heavy atom. The lowest BCUT2D eigenvalue weighted by molar-refractivity contribution is -0.140. The van der Waals surface area contributed by atoms with E-state index in [0.717, 1.165) is 0 Å². The Labute approximate surface area is 89.7 Å². The van der Waals surface area contributed by atoms with Crippen LogP contribution in [0.15, 0.2) is 6.20 Å². The molecule has 0 aliphatic rings. The Bertz CT molecular complexity index is 456. The van der Waals surface area contributed by atoms with Gasteiger partial charge in [0.05, 0.1) is 5.56 Å². The minimum atomic E-state index is -5.40. The normalized spacial score (nSPS) is 11.9. The van der Waals surface area contributed by atoms with E-state index in [2.05, 4.69) is 4.98 Å². The van der Waals surface area contributed by atoms with Crippen LogP contribution in [-0.4, -0.2) is 16.1 Å². The molecule has 9 heteroatoms. The Morgan fingerprint density at radius 1 is 1.35 bits per heavy atom. The monoisotopic (exact) mass is 259 g/mol. The molecule has 1 aromatic rings. The third-order valence-corrected chi connectivity index (χ3v) is 1.77. The standard InChI is InChI=1S/C8H3F6NO2/c9-4-3(8(12,13)14)2(7(16)17)1-15-5(4)6(10)11/h1,6H,(H,16,17). The minimum Gasteiger partial charge on any atom is -0.478 e. The van der Waals surface area contributed by atoms with Gasteiger partial charge in [0, 0.05) is 6.20 Å². The summed E-state index contributed by atoms with van der Waals surface area (Å²) in [6.07, 6.45) is -8.92. The lowest BCUT2D eigenvalue weighted by Crippen LogP contribution is -2.18. The molecule has 17 heavy (non-hydrogen) atoms. The molecule has 0 unspecified atom stereocenters. The first kappa shape index (κ1) is 13.3. The van der Waals surface area contributed by atoms with Crippen molar-refractivity contribution in [3.05, 3.63) is 28.8 Å². The van der Waals surface area contributed by atoms with Crippen molar-refractivity contribution in [1.82, 2.24) is 4.98 Å². The lowest BCUT2D eigenvalue weighted by atomic mass is 10.1. The van der Waals surface area contributed by atoms with Gasteiger partial charge in [0.2, 0.25) is 0 Å². The van der Waals surface area contributed by atoms with Crippen LogP contribution in [-0.2, 0) is 6.18 Å². The van der Waals surface area contributed by atoms with Crippen LogP contribution in [0.3, 0.4) is 0 Å². The molecule has 0 saturated carbocycles. The number of aromatic carboxylic acids is 1. The highest BCUT2D eigenvalue weighted by molar-refractivity contribution is 5.89. The van der Waals surface area contributed by atoms with E-state index in [4.69, 9.17) is 5.11 Å². The molecule has 1 N–H and O–H groups in total. The molecule has 0 radical (unpaired) electrons. The average molecular weight is 259 g/mol. The van der Waals surface area contributed by atoms with Gasteiger partial charge in [0.1, 0.15) is 11.3 Å². The summed E-state index contributed by atoms with van der Waals surface area (Å²) in [5.74, 6) is -4.48. The van der Waals surface area contributed by atoms with Gasteiger partial charge in [-0.2, -0.15) is 13.2 Å². The fraction of sp³-hybridized carbons (Fsp3) is 0.250. The number of rotatable bonds is 2. The number of hydrogen-bond acceptors (Lipinski definition) is 2. The summed E-state index contributed by atoms with van der Waals surface area (Å²) < 4.78 is 74.3. The van der Waals surface area contributed by atoms with Crippen LogP contribution < -0.4 is 0 Å². The van der Waals surface area contributed by atoms with E-state index in [-0.39, 0.29) is 6.20 Å². The Balaban J connectivity index is 3.60. The fourth-order valence-corrected chi connectivity index (χ4v) is 1.09. The first-order chi connectivity index (χ1) is 7.66. The first-order valence-corrected chi connectivity index (χ1v) is 3.93. The van der Waals surface area contributed by atoms with E-state index < -0.39 is 41.2 Å². The summed E-state index contributed by atoms with van der Waals surface area (Å²) in [5, 5.41) is 8.39. The molecular formula is C8H3F6NO2. The second-order valence-electron chi connectivity index (χ2n) is 2.85. The van der Waals surface area contributed by atoms with Gasteiger partial charge < -0.3 is 5.11 Å². The predicted octanol–water partition coefficient (Wildman–Crippen LogP) is 2.88. The Kier molecular flexibility index (Phi) is 3.30. The third-order valence-electron chi connectivity index (χ3n) is 1.77. The molecule has 0 aromatic carbocycles. The molecule has 3 nitrogen and oxygen atoms in total. The maximum Gasteiger partial charge on any atom is 0.420 e. The highest BCUT2D eigenvalue weighted by atomic mass is 19.4. The van der Waals surface area contributed by atoms with Gasteiger partial charge in [0.25, 0.3) is 6.43 Å². The van der Waals surface area contributed by atoms with Gasteiger partial charge in [-0.3, -0.25) is 4.98 Å². The highest BCUT2D eigenvalue weighted by Gasteiger charge is 2.41. The maximum atomic E-state index is 13.1. The van der Waals surface area contributed by atoms with Crippen molar-refractivity contribution in [2.75, 3.05) is 0 Å². The van der Waals surface area contributed by atoms with Crippen molar-refractivity contribution < 1.29 is 36.2 Å². The van der Waals surface area contributed by atoms with Crippen LogP contribution in [0.1, 0.15) is 28.0 Å². The molecular weight excluding hydrogens is 256 g/mol. The third kappa shape index (κ3) is 2.48. The minimum absolute atomic E-state index is 0.0513. The van der Waals surface area contributed by atoms with Crippen LogP contribution in [0.25, 0.3) is 0 Å². The molecule has 0 aliphatic carbocycles. The highest BCUT2D eigenvalue weighted by Crippen LogP contribution is 2.36. The summed E-state index contributed by atoms with van der Waals surface area (Å²) in [5.41, 5.74) is -5.50. The second kappa shape index (κ2) is 4.22. The smallest absolute Gasteiger partial charge is 0.420 e. The zero-order valence-corrected chi connectivity index (χ0v) is 7.73. The van der Waals surface area contributed by atoms with E-state index in [9.17, 15) is 31.1 Å². The first-order valence-electron chi connectivity index (χ1n) is 3.93. The van der Waals surface area contributed by atoms with E-state index in [0.29, 0.717) is 0 Å². The van der Waals surface area contributed by atoms with E-state index >= 15 is 0 Å². The lowest BCUT2D eigenvalue weighted by Gasteiger charge is -2.12. The average Bonchev–Trinajstić information content (AvgIpc) is 2.14. The summed E-state index contributed by atoms with van der Waals surface area (Å²) in [4.78, 5) is 13.1. The molecule has 0 atom stereocenters. The number of carboxylic acid groups (broad SMARTS) is 1. The predicted molar refractivity (Wildman–Crippen MR) is 41.1 cm³/mol. The second-order valence-corrected chi connectivity index (χ2v) is 2.85. The van der Waals surface area contributed by atoms with Gasteiger partial charge in [-0.15, -0.1) is 0 Å². The van der Waals surface area contributed by atoms with Gasteiger partial charge in [-0.25, -0.2) is 18.0 Å².